The van der Waals surface area contributed by atoms with E-state index < -0.39 is 0 Å². The minimum absolute atomic E-state index is 0.322. The summed E-state index contributed by atoms with van der Waals surface area (Å²) in [6.07, 6.45) is 2.61. The van der Waals surface area contributed by atoms with Crippen LogP contribution in [-0.4, -0.2) is 16.1 Å². The van der Waals surface area contributed by atoms with Gasteiger partial charge in [0.25, 0.3) is 0 Å². The second kappa shape index (κ2) is 3.28. The van der Waals surface area contributed by atoms with Crippen molar-refractivity contribution >= 4 is 10.9 Å². The fourth-order valence-electron chi connectivity index (χ4n) is 1.82. The van der Waals surface area contributed by atoms with Gasteiger partial charge in [0.05, 0.1) is 0 Å². The number of aromatic nitrogens is 1. The van der Waals surface area contributed by atoms with Gasteiger partial charge < -0.3 is 15.4 Å². The maximum Gasteiger partial charge on any atom is 0.116 e. The Kier molecular flexibility index (Phi) is 1.92. The van der Waals surface area contributed by atoms with E-state index in [2.05, 4.69) is 16.4 Å². The Morgan fingerprint density at radius 2 is 2.20 bits per heavy atom. The van der Waals surface area contributed by atoms with Crippen molar-refractivity contribution in [3.63, 3.8) is 0 Å². The summed E-state index contributed by atoms with van der Waals surface area (Å²) in [6.45, 7) is 0.889. The predicted molar refractivity (Wildman–Crippen MR) is 59.8 cm³/mol. The van der Waals surface area contributed by atoms with Gasteiger partial charge in [-0.05, 0) is 37.1 Å². The van der Waals surface area contributed by atoms with Crippen LogP contribution >= 0.6 is 0 Å². The molecule has 0 unspecified atom stereocenters. The molecule has 1 aromatic carbocycles. The Balaban J connectivity index is 1.84. The summed E-state index contributed by atoms with van der Waals surface area (Å²) in [7, 11) is 0. The molecule has 3 nitrogen and oxygen atoms in total. The smallest absolute Gasteiger partial charge is 0.116 e. The van der Waals surface area contributed by atoms with Gasteiger partial charge in [-0.25, -0.2) is 0 Å². The molecule has 3 rings (SSSR count). The number of phenolic OH excluding ortho intramolecular Hbond substituents is 1. The predicted octanol–water partition coefficient (Wildman–Crippen LogP) is 2.13. The van der Waals surface area contributed by atoms with Gasteiger partial charge in [-0.15, -0.1) is 0 Å². The molecule has 0 atom stereocenters. The molecule has 0 spiro atoms. The molecule has 78 valence electrons. The fraction of sp³-hybridized carbons (Fsp3) is 0.333. The molecule has 3 heteroatoms. The third kappa shape index (κ3) is 1.83. The van der Waals surface area contributed by atoms with Crippen molar-refractivity contribution in [2.24, 2.45) is 0 Å². The first-order valence-electron chi connectivity index (χ1n) is 5.35. The molecule has 3 N–H and O–H groups in total. The molecule has 2 aromatic rings. The van der Waals surface area contributed by atoms with Crippen molar-refractivity contribution in [3.8, 4) is 5.75 Å². The molecule has 0 bridgehead atoms. The highest BCUT2D eigenvalue weighted by Crippen LogP contribution is 2.22. The van der Waals surface area contributed by atoms with Gasteiger partial charge in [-0.2, -0.15) is 0 Å². The van der Waals surface area contributed by atoms with Gasteiger partial charge in [0.15, 0.2) is 0 Å². The summed E-state index contributed by atoms with van der Waals surface area (Å²) < 4.78 is 0. The van der Waals surface area contributed by atoms with E-state index in [1.807, 2.05) is 6.07 Å². The monoisotopic (exact) mass is 202 g/mol. The topological polar surface area (TPSA) is 48.0 Å². The van der Waals surface area contributed by atoms with Gasteiger partial charge in [0, 0.05) is 29.2 Å². The average Bonchev–Trinajstić information content (AvgIpc) is 2.95. The van der Waals surface area contributed by atoms with Crippen LogP contribution in [-0.2, 0) is 6.54 Å². The van der Waals surface area contributed by atoms with Gasteiger partial charge in [-0.1, -0.05) is 0 Å². The zero-order chi connectivity index (χ0) is 10.3. The van der Waals surface area contributed by atoms with E-state index in [0.29, 0.717) is 5.75 Å². The van der Waals surface area contributed by atoms with E-state index in [1.165, 1.54) is 18.5 Å². The number of aromatic amines is 1. The Hall–Kier alpha value is -1.48. The maximum absolute atomic E-state index is 9.34. The number of nitrogens with one attached hydrogen (secondary N) is 2. The molecule has 0 amide bonds. The number of H-pyrrole nitrogens is 1. The number of hydrogen-bond donors (Lipinski definition) is 3. The molecule has 0 aliphatic heterocycles. The average molecular weight is 202 g/mol. The minimum atomic E-state index is 0.322. The Bertz CT molecular complexity index is 485. The van der Waals surface area contributed by atoms with Gasteiger partial charge in [-0.3, -0.25) is 0 Å². The molecule has 0 saturated heterocycles. The molecule has 1 aromatic heterocycles. The quantitative estimate of drug-likeness (QED) is 0.714. The number of aromatic hydroxyl groups is 1. The summed E-state index contributed by atoms with van der Waals surface area (Å²) in [6, 6.07) is 8.21. The molecule has 1 saturated carbocycles. The first-order valence-corrected chi connectivity index (χ1v) is 5.35. The largest absolute Gasteiger partial charge is 0.508 e. The zero-order valence-electron chi connectivity index (χ0n) is 8.46. The maximum atomic E-state index is 9.34. The van der Waals surface area contributed by atoms with Crippen LogP contribution in [0.15, 0.2) is 24.3 Å². The van der Waals surface area contributed by atoms with Crippen molar-refractivity contribution in [2.45, 2.75) is 25.4 Å². The number of benzene rings is 1. The van der Waals surface area contributed by atoms with Crippen molar-refractivity contribution in [3.05, 3.63) is 30.0 Å². The van der Waals surface area contributed by atoms with Gasteiger partial charge in [0.2, 0.25) is 0 Å². The van der Waals surface area contributed by atoms with E-state index in [9.17, 15) is 5.11 Å². The zero-order valence-corrected chi connectivity index (χ0v) is 8.46. The SMILES string of the molecule is Oc1ccc2[nH]c(CNC3CC3)cc2c1. The second-order valence-electron chi connectivity index (χ2n) is 4.22. The van der Waals surface area contributed by atoms with Crippen LogP contribution in [0.2, 0.25) is 0 Å². The Labute approximate surface area is 88.1 Å². The molecular weight excluding hydrogens is 188 g/mol. The summed E-state index contributed by atoms with van der Waals surface area (Å²) in [4.78, 5) is 3.33. The third-order valence-electron chi connectivity index (χ3n) is 2.82. The minimum Gasteiger partial charge on any atom is -0.508 e. The lowest BCUT2D eigenvalue weighted by Crippen LogP contribution is -2.15. The number of rotatable bonds is 3. The standard InChI is InChI=1S/C12H14N2O/c15-11-3-4-12-8(6-11)5-10(14-12)7-13-9-1-2-9/h3-6,9,13-15H,1-2,7H2. The van der Waals surface area contributed by atoms with Crippen molar-refractivity contribution in [1.29, 1.82) is 0 Å². The lowest BCUT2D eigenvalue weighted by Gasteiger charge is -1.98. The van der Waals surface area contributed by atoms with Crippen LogP contribution < -0.4 is 5.32 Å². The molecule has 15 heavy (non-hydrogen) atoms. The fourth-order valence-corrected chi connectivity index (χ4v) is 1.82. The van der Waals surface area contributed by atoms with Crippen molar-refractivity contribution in [1.82, 2.24) is 10.3 Å². The van der Waals surface area contributed by atoms with Crippen molar-refractivity contribution in [2.75, 3.05) is 0 Å². The second-order valence-corrected chi connectivity index (χ2v) is 4.22. The van der Waals surface area contributed by atoms with Gasteiger partial charge >= 0.3 is 0 Å². The highest BCUT2D eigenvalue weighted by atomic mass is 16.3. The van der Waals surface area contributed by atoms with E-state index in [4.69, 9.17) is 0 Å². The highest BCUT2D eigenvalue weighted by Gasteiger charge is 2.20. The van der Waals surface area contributed by atoms with Crippen LogP contribution in [0.25, 0.3) is 10.9 Å². The number of fused-ring (bicyclic) bond motifs is 1. The van der Waals surface area contributed by atoms with E-state index in [-0.39, 0.29) is 0 Å². The summed E-state index contributed by atoms with van der Waals surface area (Å²) in [5.74, 6) is 0.322. The number of hydrogen-bond acceptors (Lipinski definition) is 2. The Morgan fingerprint density at radius 1 is 1.33 bits per heavy atom. The lowest BCUT2D eigenvalue weighted by molar-refractivity contribution is 0.476. The summed E-state index contributed by atoms with van der Waals surface area (Å²) >= 11 is 0. The van der Waals surface area contributed by atoms with E-state index in [1.54, 1.807) is 12.1 Å². The van der Waals surface area contributed by atoms with E-state index in [0.717, 1.165) is 23.5 Å². The third-order valence-corrected chi connectivity index (χ3v) is 2.82. The van der Waals surface area contributed by atoms with Gasteiger partial charge in [0.1, 0.15) is 5.75 Å². The normalized spacial score (nSPS) is 16.0. The van der Waals surface area contributed by atoms with Crippen LogP contribution in [0.1, 0.15) is 18.5 Å². The summed E-state index contributed by atoms with van der Waals surface area (Å²) in [5.41, 5.74) is 2.27. The van der Waals surface area contributed by atoms with Crippen LogP contribution in [0, 0.1) is 0 Å². The molecule has 1 heterocycles. The Morgan fingerprint density at radius 3 is 3.00 bits per heavy atom. The molecule has 1 fully saturated rings. The number of phenols is 1. The lowest BCUT2D eigenvalue weighted by atomic mass is 10.2. The van der Waals surface area contributed by atoms with Crippen molar-refractivity contribution < 1.29 is 5.11 Å². The van der Waals surface area contributed by atoms with Crippen LogP contribution in [0.3, 0.4) is 0 Å². The molecule has 1 aliphatic rings. The van der Waals surface area contributed by atoms with Crippen LogP contribution in [0.5, 0.6) is 5.75 Å². The molecular formula is C12H14N2O. The highest BCUT2D eigenvalue weighted by molar-refractivity contribution is 5.81. The molecule has 0 radical (unpaired) electrons. The first-order chi connectivity index (χ1) is 7.31. The molecule has 1 aliphatic carbocycles. The first kappa shape index (κ1) is 8.80. The summed E-state index contributed by atoms with van der Waals surface area (Å²) in [5, 5.41) is 13.9. The van der Waals surface area contributed by atoms with E-state index >= 15 is 0 Å². The van der Waals surface area contributed by atoms with Crippen LogP contribution in [0.4, 0.5) is 0 Å².